The van der Waals surface area contributed by atoms with Crippen LogP contribution >= 0.6 is 0 Å². The van der Waals surface area contributed by atoms with Crippen molar-refractivity contribution in [3.05, 3.63) is 54.1 Å². The molecule has 36 heavy (non-hydrogen) atoms. The number of imidazole rings is 1. The number of aromatic amines is 1. The Kier molecular flexibility index (Phi) is 9.25. The van der Waals surface area contributed by atoms with Crippen molar-refractivity contribution in [2.75, 3.05) is 26.7 Å². The molecule has 3 amide bonds. The Morgan fingerprint density at radius 3 is 2.56 bits per heavy atom. The lowest BCUT2D eigenvalue weighted by molar-refractivity contribution is -0.140. The smallest absolute Gasteiger partial charge is 0.271 e. The van der Waals surface area contributed by atoms with Crippen LogP contribution in [-0.2, 0) is 16.0 Å². The normalized spacial score (nSPS) is 17.5. The lowest BCUT2D eigenvalue weighted by Crippen LogP contribution is -2.59. The van der Waals surface area contributed by atoms with Crippen LogP contribution in [0.25, 0.3) is 0 Å². The highest BCUT2D eigenvalue weighted by Gasteiger charge is 2.40. The van der Waals surface area contributed by atoms with E-state index in [4.69, 9.17) is 0 Å². The number of amides is 3. The van der Waals surface area contributed by atoms with Crippen molar-refractivity contribution in [2.24, 2.45) is 5.41 Å². The highest BCUT2D eigenvalue weighted by Crippen LogP contribution is 2.26. The molecule has 0 radical (unpaired) electrons. The van der Waals surface area contributed by atoms with Crippen molar-refractivity contribution >= 4 is 17.7 Å². The topological polar surface area (TPSA) is 110 Å². The number of hydrogen-bond donors (Lipinski definition) is 3. The average Bonchev–Trinajstić information content (AvgIpc) is 3.56. The predicted octanol–water partition coefficient (Wildman–Crippen LogP) is 2.22. The second-order valence-corrected chi connectivity index (χ2v) is 10.6. The van der Waals surface area contributed by atoms with Crippen molar-refractivity contribution < 1.29 is 14.4 Å². The number of likely N-dealkylation sites (N-methyl/N-ethyl adjacent to an activating group) is 1. The molecule has 0 spiro atoms. The number of rotatable bonds is 10. The van der Waals surface area contributed by atoms with E-state index < -0.39 is 17.5 Å². The molecule has 3 unspecified atom stereocenters. The van der Waals surface area contributed by atoms with Gasteiger partial charge in [-0.15, -0.1) is 0 Å². The maximum absolute atomic E-state index is 13.8. The molecule has 1 aliphatic heterocycles. The molecular formula is C27H40N6O3. The van der Waals surface area contributed by atoms with Gasteiger partial charge in [0, 0.05) is 25.7 Å². The molecule has 0 bridgehead atoms. The Bertz CT molecular complexity index is 1000. The zero-order valence-electron chi connectivity index (χ0n) is 22.1. The van der Waals surface area contributed by atoms with Gasteiger partial charge in [-0.2, -0.15) is 0 Å². The molecule has 2 aromatic rings. The summed E-state index contributed by atoms with van der Waals surface area (Å²) in [5.41, 5.74) is 1.11. The molecule has 1 aromatic carbocycles. The number of carbonyl (C=O) groups excluding carboxylic acids is 3. The van der Waals surface area contributed by atoms with Gasteiger partial charge in [-0.25, -0.2) is 4.98 Å². The average molecular weight is 497 g/mol. The molecule has 1 aliphatic rings. The second-order valence-electron chi connectivity index (χ2n) is 10.6. The van der Waals surface area contributed by atoms with Gasteiger partial charge >= 0.3 is 0 Å². The van der Waals surface area contributed by atoms with E-state index in [9.17, 15) is 14.4 Å². The maximum Gasteiger partial charge on any atom is 0.271 e. The first kappa shape index (κ1) is 27.4. The first-order valence-electron chi connectivity index (χ1n) is 12.7. The molecule has 0 saturated carbocycles. The third-order valence-electron chi connectivity index (χ3n) is 6.85. The van der Waals surface area contributed by atoms with E-state index in [0.29, 0.717) is 31.7 Å². The summed E-state index contributed by atoms with van der Waals surface area (Å²) < 4.78 is 0. The fourth-order valence-electron chi connectivity index (χ4n) is 4.51. The number of carbonyl (C=O) groups is 3. The van der Waals surface area contributed by atoms with E-state index in [1.807, 2.05) is 60.9 Å². The van der Waals surface area contributed by atoms with Gasteiger partial charge in [0.2, 0.25) is 11.8 Å². The van der Waals surface area contributed by atoms with Crippen LogP contribution in [0.4, 0.5) is 0 Å². The number of likely N-dealkylation sites (tertiary alicyclic amines) is 1. The minimum Gasteiger partial charge on any atom is -0.342 e. The van der Waals surface area contributed by atoms with Gasteiger partial charge in [-0.1, -0.05) is 51.1 Å². The summed E-state index contributed by atoms with van der Waals surface area (Å²) in [7, 11) is 1.72. The third-order valence-corrected chi connectivity index (χ3v) is 6.85. The lowest BCUT2D eigenvalue weighted by Gasteiger charge is -2.37. The third kappa shape index (κ3) is 6.94. The van der Waals surface area contributed by atoms with Crippen molar-refractivity contribution in [1.82, 2.24) is 30.4 Å². The van der Waals surface area contributed by atoms with Crippen molar-refractivity contribution in [1.29, 1.82) is 0 Å². The standard InChI is InChI=1S/C27H40N6O3/c1-19(28-5)24(34)31-23(27(2,3)4)26(36)33-14-9-12-21(33)17-32(25(35)22-16-29-18-30-22)15-13-20-10-7-6-8-11-20/h6-8,10-11,16,18-19,21,23,28H,9,12-15,17H2,1-5H3,(H,29,30)(H,31,34). The number of aromatic nitrogens is 2. The van der Waals surface area contributed by atoms with Crippen LogP contribution in [-0.4, -0.2) is 82.3 Å². The van der Waals surface area contributed by atoms with Gasteiger partial charge in [-0.3, -0.25) is 14.4 Å². The van der Waals surface area contributed by atoms with Gasteiger partial charge in [0.05, 0.1) is 18.6 Å². The predicted molar refractivity (Wildman–Crippen MR) is 139 cm³/mol. The van der Waals surface area contributed by atoms with Crippen LogP contribution in [0.1, 0.15) is 56.6 Å². The van der Waals surface area contributed by atoms with Crippen LogP contribution in [0.15, 0.2) is 42.9 Å². The van der Waals surface area contributed by atoms with Crippen LogP contribution in [0.5, 0.6) is 0 Å². The molecule has 1 aromatic heterocycles. The number of hydrogen-bond acceptors (Lipinski definition) is 5. The fourth-order valence-corrected chi connectivity index (χ4v) is 4.51. The molecule has 3 rings (SSSR count). The molecule has 3 N–H and O–H groups in total. The summed E-state index contributed by atoms with van der Waals surface area (Å²) in [4.78, 5) is 50.3. The molecular weight excluding hydrogens is 456 g/mol. The Labute approximate surface area is 214 Å². The first-order chi connectivity index (χ1) is 17.1. The highest BCUT2D eigenvalue weighted by atomic mass is 16.2. The Hall–Kier alpha value is -3.20. The van der Waals surface area contributed by atoms with E-state index >= 15 is 0 Å². The number of benzene rings is 1. The second kappa shape index (κ2) is 12.2. The van der Waals surface area contributed by atoms with E-state index in [2.05, 4.69) is 20.6 Å². The minimum atomic E-state index is -0.664. The van der Waals surface area contributed by atoms with Gasteiger partial charge in [0.15, 0.2) is 0 Å². The van der Waals surface area contributed by atoms with Crippen LogP contribution < -0.4 is 10.6 Å². The molecule has 9 heteroatoms. The zero-order valence-corrected chi connectivity index (χ0v) is 22.1. The largest absolute Gasteiger partial charge is 0.342 e. The zero-order chi connectivity index (χ0) is 26.3. The SMILES string of the molecule is CNC(C)C(=O)NC(C(=O)N1CCCC1CN(CCc1ccccc1)C(=O)c1cnc[nH]1)C(C)(C)C. The number of nitrogens with zero attached hydrogens (tertiary/aromatic N) is 3. The van der Waals surface area contributed by atoms with Gasteiger partial charge in [0.25, 0.3) is 5.91 Å². The van der Waals surface area contributed by atoms with E-state index in [-0.39, 0.29) is 23.8 Å². The van der Waals surface area contributed by atoms with Crippen molar-refractivity contribution in [2.45, 2.75) is 65.1 Å². The van der Waals surface area contributed by atoms with E-state index in [1.165, 1.54) is 12.5 Å². The minimum absolute atomic E-state index is 0.0985. The van der Waals surface area contributed by atoms with Crippen molar-refractivity contribution in [3.8, 4) is 0 Å². The molecule has 2 heterocycles. The maximum atomic E-state index is 13.8. The summed E-state index contributed by atoms with van der Waals surface area (Å²) in [6, 6.07) is 8.86. The summed E-state index contributed by atoms with van der Waals surface area (Å²) in [5, 5.41) is 5.89. The summed E-state index contributed by atoms with van der Waals surface area (Å²) in [5.74, 6) is -0.440. The van der Waals surface area contributed by atoms with E-state index in [0.717, 1.165) is 18.4 Å². The summed E-state index contributed by atoms with van der Waals surface area (Å²) in [6.07, 6.45) is 5.41. The monoisotopic (exact) mass is 496 g/mol. The van der Waals surface area contributed by atoms with E-state index in [1.54, 1.807) is 14.0 Å². The Morgan fingerprint density at radius 2 is 1.94 bits per heavy atom. The number of nitrogens with one attached hydrogen (secondary N) is 3. The molecule has 1 fully saturated rings. The Balaban J connectivity index is 1.78. The number of H-pyrrole nitrogens is 1. The lowest BCUT2D eigenvalue weighted by atomic mass is 9.85. The quantitative estimate of drug-likeness (QED) is 0.467. The Morgan fingerprint density at radius 1 is 1.22 bits per heavy atom. The van der Waals surface area contributed by atoms with Crippen LogP contribution in [0.3, 0.4) is 0 Å². The molecule has 3 atom stereocenters. The molecule has 0 aliphatic carbocycles. The highest BCUT2D eigenvalue weighted by molar-refractivity contribution is 5.92. The molecule has 9 nitrogen and oxygen atoms in total. The first-order valence-corrected chi connectivity index (χ1v) is 12.7. The summed E-state index contributed by atoms with van der Waals surface area (Å²) in [6.45, 7) is 9.20. The van der Waals surface area contributed by atoms with Gasteiger partial charge < -0.3 is 25.4 Å². The molecule has 1 saturated heterocycles. The van der Waals surface area contributed by atoms with Crippen molar-refractivity contribution in [3.63, 3.8) is 0 Å². The fraction of sp³-hybridized carbons (Fsp3) is 0.556. The van der Waals surface area contributed by atoms with Gasteiger partial charge in [0.1, 0.15) is 11.7 Å². The van der Waals surface area contributed by atoms with Gasteiger partial charge in [-0.05, 0) is 44.2 Å². The molecule has 196 valence electrons. The summed E-state index contributed by atoms with van der Waals surface area (Å²) >= 11 is 0. The van der Waals surface area contributed by atoms with Crippen LogP contribution in [0, 0.1) is 5.41 Å². The van der Waals surface area contributed by atoms with Crippen LogP contribution in [0.2, 0.25) is 0 Å².